The quantitative estimate of drug-likeness (QED) is 0.794. The minimum atomic E-state index is 0. The van der Waals surface area contributed by atoms with Gasteiger partial charge in [-0.05, 0) is 25.0 Å². The standard InChI is InChI=1S/C13H20N2O2.2H2O/c14-12-7-4-8-15-13(12)17-10-9-16-11-5-2-1-3-6-11;;/h4,7-8,11H,1-3,5-6,9-10,14H2;2*1H2. The third-order valence-electron chi connectivity index (χ3n) is 3.03. The third-order valence-corrected chi connectivity index (χ3v) is 3.03. The van der Waals surface area contributed by atoms with E-state index in [9.17, 15) is 0 Å². The first kappa shape index (κ1) is 17.6. The van der Waals surface area contributed by atoms with Crippen LogP contribution in [0.2, 0.25) is 0 Å². The minimum Gasteiger partial charge on any atom is -0.474 e. The van der Waals surface area contributed by atoms with E-state index >= 15 is 0 Å². The molecule has 0 spiro atoms. The van der Waals surface area contributed by atoms with Crippen molar-refractivity contribution in [1.82, 2.24) is 4.98 Å². The Labute approximate surface area is 113 Å². The summed E-state index contributed by atoms with van der Waals surface area (Å²) in [5.41, 5.74) is 6.29. The maximum Gasteiger partial charge on any atom is 0.237 e. The van der Waals surface area contributed by atoms with E-state index in [-0.39, 0.29) is 11.0 Å². The van der Waals surface area contributed by atoms with Crippen molar-refractivity contribution in [2.24, 2.45) is 0 Å². The number of hydrogen-bond acceptors (Lipinski definition) is 4. The zero-order valence-corrected chi connectivity index (χ0v) is 11.1. The molecule has 1 heterocycles. The molecule has 1 aliphatic rings. The van der Waals surface area contributed by atoms with Gasteiger partial charge in [0.2, 0.25) is 5.88 Å². The molecule has 0 unspecified atom stereocenters. The van der Waals surface area contributed by atoms with E-state index < -0.39 is 0 Å². The predicted octanol–water partition coefficient (Wildman–Crippen LogP) is 0.742. The Hall–Kier alpha value is -1.37. The number of aromatic nitrogens is 1. The molecule has 2 rings (SSSR count). The van der Waals surface area contributed by atoms with Crippen LogP contribution < -0.4 is 10.5 Å². The summed E-state index contributed by atoms with van der Waals surface area (Å²) in [6.45, 7) is 1.12. The fourth-order valence-corrected chi connectivity index (χ4v) is 2.11. The molecule has 0 radical (unpaired) electrons. The summed E-state index contributed by atoms with van der Waals surface area (Å²) in [5, 5.41) is 0. The molecule has 0 aliphatic heterocycles. The average Bonchev–Trinajstić information content (AvgIpc) is 2.38. The van der Waals surface area contributed by atoms with Crippen LogP contribution in [0.4, 0.5) is 5.69 Å². The molecule has 1 saturated carbocycles. The predicted molar refractivity (Wildman–Crippen MR) is 74.2 cm³/mol. The van der Waals surface area contributed by atoms with Crippen molar-refractivity contribution in [2.75, 3.05) is 18.9 Å². The van der Waals surface area contributed by atoms with Crippen molar-refractivity contribution in [2.45, 2.75) is 38.2 Å². The van der Waals surface area contributed by atoms with Gasteiger partial charge in [-0.25, -0.2) is 4.98 Å². The fourth-order valence-electron chi connectivity index (χ4n) is 2.11. The van der Waals surface area contributed by atoms with Gasteiger partial charge in [-0.2, -0.15) is 0 Å². The van der Waals surface area contributed by atoms with Crippen molar-refractivity contribution >= 4 is 5.69 Å². The summed E-state index contributed by atoms with van der Waals surface area (Å²) >= 11 is 0. The number of rotatable bonds is 5. The van der Waals surface area contributed by atoms with Crippen molar-refractivity contribution in [3.8, 4) is 5.88 Å². The molecule has 6 heteroatoms. The molecular formula is C13H24N2O4. The molecule has 6 N–H and O–H groups in total. The second-order valence-corrected chi connectivity index (χ2v) is 4.38. The number of ether oxygens (including phenoxy) is 2. The van der Waals surface area contributed by atoms with Gasteiger partial charge in [0.05, 0.1) is 18.4 Å². The zero-order valence-electron chi connectivity index (χ0n) is 11.1. The van der Waals surface area contributed by atoms with Gasteiger partial charge in [0.25, 0.3) is 0 Å². The lowest BCUT2D eigenvalue weighted by Crippen LogP contribution is -2.20. The molecular weight excluding hydrogens is 248 g/mol. The van der Waals surface area contributed by atoms with Crippen LogP contribution in [0.5, 0.6) is 5.88 Å². The maximum absolute atomic E-state index is 5.75. The molecule has 19 heavy (non-hydrogen) atoms. The SMILES string of the molecule is Nc1cccnc1OCCOC1CCCCC1.O.O. The van der Waals surface area contributed by atoms with E-state index in [0.29, 0.717) is 30.9 Å². The van der Waals surface area contributed by atoms with E-state index in [1.165, 1.54) is 32.1 Å². The Morgan fingerprint density at radius 2 is 1.89 bits per heavy atom. The van der Waals surface area contributed by atoms with Gasteiger partial charge in [0, 0.05) is 6.20 Å². The third kappa shape index (κ3) is 5.87. The monoisotopic (exact) mass is 272 g/mol. The minimum absolute atomic E-state index is 0. The Morgan fingerprint density at radius 3 is 2.58 bits per heavy atom. The number of hydrogen-bond donors (Lipinski definition) is 1. The highest BCUT2D eigenvalue weighted by Gasteiger charge is 2.13. The maximum atomic E-state index is 5.75. The molecule has 0 saturated heterocycles. The normalized spacial score (nSPS) is 15.2. The topological polar surface area (TPSA) is 120 Å². The molecule has 1 fully saturated rings. The van der Waals surface area contributed by atoms with E-state index in [4.69, 9.17) is 15.2 Å². The highest BCUT2D eigenvalue weighted by molar-refractivity contribution is 5.46. The van der Waals surface area contributed by atoms with E-state index in [2.05, 4.69) is 4.98 Å². The largest absolute Gasteiger partial charge is 0.474 e. The first-order valence-electron chi connectivity index (χ1n) is 6.31. The van der Waals surface area contributed by atoms with Crippen LogP contribution in [-0.2, 0) is 4.74 Å². The van der Waals surface area contributed by atoms with Crippen LogP contribution in [-0.4, -0.2) is 35.3 Å². The summed E-state index contributed by atoms with van der Waals surface area (Å²) in [5.74, 6) is 0.500. The molecule has 0 atom stereocenters. The lowest BCUT2D eigenvalue weighted by atomic mass is 9.98. The second-order valence-electron chi connectivity index (χ2n) is 4.38. The van der Waals surface area contributed by atoms with Gasteiger partial charge in [-0.3, -0.25) is 0 Å². The van der Waals surface area contributed by atoms with Gasteiger partial charge in [0.15, 0.2) is 0 Å². The molecule has 0 aromatic carbocycles. The second kappa shape index (κ2) is 9.55. The van der Waals surface area contributed by atoms with Crippen LogP contribution in [0.1, 0.15) is 32.1 Å². The number of anilines is 1. The summed E-state index contributed by atoms with van der Waals surface area (Å²) < 4.78 is 11.2. The van der Waals surface area contributed by atoms with Crippen LogP contribution in [0.25, 0.3) is 0 Å². The number of nitrogens with two attached hydrogens (primary N) is 1. The average molecular weight is 272 g/mol. The Morgan fingerprint density at radius 1 is 1.16 bits per heavy atom. The lowest BCUT2D eigenvalue weighted by molar-refractivity contribution is 0.0124. The number of nitrogen functional groups attached to an aromatic ring is 1. The van der Waals surface area contributed by atoms with E-state index in [1.807, 2.05) is 0 Å². The highest BCUT2D eigenvalue weighted by Crippen LogP contribution is 2.20. The summed E-state index contributed by atoms with van der Waals surface area (Å²) in [6, 6.07) is 3.57. The van der Waals surface area contributed by atoms with Crippen LogP contribution in [0.15, 0.2) is 18.3 Å². The van der Waals surface area contributed by atoms with Crippen LogP contribution in [0.3, 0.4) is 0 Å². The smallest absolute Gasteiger partial charge is 0.237 e. The van der Waals surface area contributed by atoms with Gasteiger partial charge in [0.1, 0.15) is 6.61 Å². The Balaban J connectivity index is 0.00000162. The lowest BCUT2D eigenvalue weighted by Gasteiger charge is -2.21. The van der Waals surface area contributed by atoms with Gasteiger partial charge in [-0.15, -0.1) is 0 Å². The zero-order chi connectivity index (χ0) is 11.9. The van der Waals surface area contributed by atoms with Crippen molar-refractivity contribution in [1.29, 1.82) is 0 Å². The molecule has 0 amide bonds. The van der Waals surface area contributed by atoms with Gasteiger partial charge in [-0.1, -0.05) is 19.3 Å². The molecule has 6 nitrogen and oxygen atoms in total. The first-order valence-corrected chi connectivity index (χ1v) is 6.31. The summed E-state index contributed by atoms with van der Waals surface area (Å²) in [6.07, 6.45) is 8.40. The Kier molecular flexibility index (Phi) is 8.86. The Bertz CT molecular complexity index is 343. The van der Waals surface area contributed by atoms with Crippen LogP contribution in [0, 0.1) is 0 Å². The van der Waals surface area contributed by atoms with Gasteiger partial charge < -0.3 is 26.2 Å². The molecule has 1 aromatic heterocycles. The summed E-state index contributed by atoms with van der Waals surface area (Å²) in [4.78, 5) is 4.06. The first-order chi connectivity index (χ1) is 8.36. The summed E-state index contributed by atoms with van der Waals surface area (Å²) in [7, 11) is 0. The highest BCUT2D eigenvalue weighted by atomic mass is 16.5. The molecule has 110 valence electrons. The van der Waals surface area contributed by atoms with E-state index in [0.717, 1.165) is 0 Å². The molecule has 1 aliphatic carbocycles. The molecule has 1 aromatic rings. The van der Waals surface area contributed by atoms with Crippen molar-refractivity contribution in [3.63, 3.8) is 0 Å². The van der Waals surface area contributed by atoms with Crippen LogP contribution >= 0.6 is 0 Å². The van der Waals surface area contributed by atoms with Crippen molar-refractivity contribution < 1.29 is 20.4 Å². The van der Waals surface area contributed by atoms with Gasteiger partial charge >= 0.3 is 0 Å². The van der Waals surface area contributed by atoms with E-state index in [1.54, 1.807) is 18.3 Å². The molecule has 0 bridgehead atoms. The number of pyridine rings is 1. The van der Waals surface area contributed by atoms with Crippen molar-refractivity contribution in [3.05, 3.63) is 18.3 Å². The number of nitrogens with zero attached hydrogens (tertiary/aromatic N) is 1. The fraction of sp³-hybridized carbons (Fsp3) is 0.615.